The van der Waals surface area contributed by atoms with E-state index < -0.39 is 10.0 Å². The van der Waals surface area contributed by atoms with E-state index in [-0.39, 0.29) is 17.6 Å². The van der Waals surface area contributed by atoms with E-state index in [1.165, 1.54) is 12.5 Å². The van der Waals surface area contributed by atoms with Gasteiger partial charge in [-0.3, -0.25) is 0 Å². The molecule has 0 amide bonds. The third kappa shape index (κ3) is 4.75. The molecule has 3 rings (SSSR count). The summed E-state index contributed by atoms with van der Waals surface area (Å²) in [6.45, 7) is 6.40. The smallest absolute Gasteiger partial charge is 0.259 e. The van der Waals surface area contributed by atoms with Gasteiger partial charge in [-0.2, -0.15) is 15.0 Å². The van der Waals surface area contributed by atoms with E-state index in [2.05, 4.69) is 24.7 Å². The first-order chi connectivity index (χ1) is 13.3. The molecular weight excluding hydrogens is 384 g/mol. The van der Waals surface area contributed by atoms with Gasteiger partial charge < -0.3 is 19.1 Å². The number of aromatic nitrogens is 5. The molecule has 0 spiro atoms. The van der Waals surface area contributed by atoms with E-state index in [0.717, 1.165) is 0 Å². The van der Waals surface area contributed by atoms with Crippen molar-refractivity contribution in [3.8, 4) is 0 Å². The number of morpholine rings is 1. The van der Waals surface area contributed by atoms with Crippen LogP contribution in [0.15, 0.2) is 17.6 Å². The molecule has 0 aliphatic carbocycles. The molecule has 1 fully saturated rings. The molecule has 0 radical (unpaired) electrons. The van der Waals surface area contributed by atoms with E-state index in [9.17, 15) is 8.42 Å². The Morgan fingerprint density at radius 2 is 1.93 bits per heavy atom. The molecule has 12 heteroatoms. The highest BCUT2D eigenvalue weighted by molar-refractivity contribution is 7.89. The molecule has 0 bridgehead atoms. The lowest BCUT2D eigenvalue weighted by atomic mass is 10.4. The van der Waals surface area contributed by atoms with Crippen molar-refractivity contribution in [2.24, 2.45) is 0 Å². The zero-order valence-corrected chi connectivity index (χ0v) is 17.3. The topological polar surface area (TPSA) is 118 Å². The normalized spacial score (nSPS) is 15.2. The fourth-order valence-electron chi connectivity index (χ4n) is 2.55. The maximum Gasteiger partial charge on any atom is 0.259 e. The van der Waals surface area contributed by atoms with Crippen LogP contribution >= 0.6 is 0 Å². The Morgan fingerprint density at radius 3 is 2.54 bits per heavy atom. The third-order valence-corrected chi connectivity index (χ3v) is 5.51. The first-order valence-corrected chi connectivity index (χ1v) is 10.5. The van der Waals surface area contributed by atoms with Gasteiger partial charge in [0, 0.05) is 39.4 Å². The van der Waals surface area contributed by atoms with Gasteiger partial charge in [0.1, 0.15) is 0 Å². The average molecular weight is 411 g/mol. The second-order valence-electron chi connectivity index (χ2n) is 6.92. The fourth-order valence-corrected chi connectivity index (χ4v) is 3.46. The van der Waals surface area contributed by atoms with Crippen molar-refractivity contribution < 1.29 is 13.2 Å². The van der Waals surface area contributed by atoms with Crippen LogP contribution < -0.4 is 14.5 Å². The average Bonchev–Trinajstić information content (AvgIpc) is 3.18. The monoisotopic (exact) mass is 410 g/mol. The van der Waals surface area contributed by atoms with Crippen molar-refractivity contribution in [3.63, 3.8) is 0 Å². The molecule has 0 unspecified atom stereocenters. The first kappa shape index (κ1) is 20.4. The number of nitrogens with zero attached hydrogens (tertiary/aromatic N) is 7. The summed E-state index contributed by atoms with van der Waals surface area (Å²) >= 11 is 0. The van der Waals surface area contributed by atoms with Crippen LogP contribution in [0.25, 0.3) is 0 Å². The van der Waals surface area contributed by atoms with Crippen molar-refractivity contribution in [3.05, 3.63) is 18.3 Å². The molecule has 154 valence electrons. The molecule has 2 aromatic rings. The quantitative estimate of drug-likeness (QED) is 0.674. The van der Waals surface area contributed by atoms with E-state index in [1.807, 2.05) is 32.8 Å². The lowest BCUT2D eigenvalue weighted by Crippen LogP contribution is -2.38. The van der Waals surface area contributed by atoms with Gasteiger partial charge >= 0.3 is 0 Å². The predicted octanol–water partition coefficient (Wildman–Crippen LogP) is 0.0301. The maximum absolute atomic E-state index is 12.6. The Kier molecular flexibility index (Phi) is 6.10. The maximum atomic E-state index is 12.6. The number of hydrogen-bond acceptors (Lipinski definition) is 9. The number of anilines is 2. The molecule has 11 nitrogen and oxygen atoms in total. The molecule has 2 aromatic heterocycles. The van der Waals surface area contributed by atoms with Crippen LogP contribution in [-0.4, -0.2) is 73.3 Å². The molecule has 1 saturated heterocycles. The summed E-state index contributed by atoms with van der Waals surface area (Å²) < 4.78 is 34.7. The molecule has 1 aliphatic heterocycles. The van der Waals surface area contributed by atoms with Gasteiger partial charge in [0.25, 0.3) is 10.0 Å². The molecule has 1 aliphatic rings. The summed E-state index contributed by atoms with van der Waals surface area (Å²) in [5, 5.41) is -0.0310. The van der Waals surface area contributed by atoms with E-state index >= 15 is 0 Å². The van der Waals surface area contributed by atoms with Gasteiger partial charge in [0.2, 0.25) is 11.9 Å². The van der Waals surface area contributed by atoms with Crippen LogP contribution in [0.2, 0.25) is 0 Å². The van der Waals surface area contributed by atoms with E-state index in [1.54, 1.807) is 9.47 Å². The van der Waals surface area contributed by atoms with Crippen molar-refractivity contribution in [1.29, 1.82) is 0 Å². The number of hydrogen-bond donors (Lipinski definition) is 1. The highest BCUT2D eigenvalue weighted by Crippen LogP contribution is 2.15. The predicted molar refractivity (Wildman–Crippen MR) is 104 cm³/mol. The van der Waals surface area contributed by atoms with E-state index in [4.69, 9.17) is 4.74 Å². The lowest BCUT2D eigenvalue weighted by Gasteiger charge is -2.27. The minimum atomic E-state index is -3.77. The molecular formula is C16H26N8O3S. The van der Waals surface area contributed by atoms with E-state index in [0.29, 0.717) is 44.0 Å². The molecule has 28 heavy (non-hydrogen) atoms. The molecule has 0 aromatic carbocycles. The second-order valence-corrected chi connectivity index (χ2v) is 8.64. The SMILES string of the molecule is CC(C)n1cnc(S(=O)(=O)NCc2nc(N(C)C)nc(N3CCOCC3)n2)c1. The second kappa shape index (κ2) is 8.37. The summed E-state index contributed by atoms with van der Waals surface area (Å²) in [5.74, 6) is 1.32. The van der Waals surface area contributed by atoms with Crippen LogP contribution in [0.4, 0.5) is 11.9 Å². The Morgan fingerprint density at radius 1 is 1.21 bits per heavy atom. The van der Waals surface area contributed by atoms with Gasteiger partial charge in [-0.25, -0.2) is 18.1 Å². The zero-order valence-electron chi connectivity index (χ0n) is 16.5. The lowest BCUT2D eigenvalue weighted by molar-refractivity contribution is 0.122. The van der Waals surface area contributed by atoms with Gasteiger partial charge in [-0.05, 0) is 13.8 Å². The van der Waals surface area contributed by atoms with Crippen molar-refractivity contribution in [2.75, 3.05) is 50.2 Å². The Balaban J connectivity index is 1.79. The molecule has 1 N–H and O–H groups in total. The van der Waals surface area contributed by atoms with Gasteiger partial charge in [-0.15, -0.1) is 0 Å². The molecule has 0 saturated carbocycles. The van der Waals surface area contributed by atoms with Crippen LogP contribution in [0, 0.1) is 0 Å². The van der Waals surface area contributed by atoms with Crippen molar-refractivity contribution in [2.45, 2.75) is 31.5 Å². The Hall–Kier alpha value is -2.31. The fraction of sp³-hybridized carbons (Fsp3) is 0.625. The number of ether oxygens (including phenoxy) is 1. The van der Waals surface area contributed by atoms with Gasteiger partial charge in [0.05, 0.1) is 26.1 Å². The van der Waals surface area contributed by atoms with Crippen molar-refractivity contribution >= 4 is 21.9 Å². The standard InChI is InChI=1S/C16H26N8O3S/c1-12(2)24-10-14(17-11-24)28(25,26)18-9-13-19-15(22(3)4)21-16(20-13)23-5-7-27-8-6-23/h10-12,18H,5-9H2,1-4H3. The molecule has 3 heterocycles. The van der Waals surface area contributed by atoms with Gasteiger partial charge in [-0.1, -0.05) is 0 Å². The summed E-state index contributed by atoms with van der Waals surface area (Å²) in [6.07, 6.45) is 3.01. The van der Waals surface area contributed by atoms with Crippen LogP contribution in [0.3, 0.4) is 0 Å². The van der Waals surface area contributed by atoms with Crippen LogP contribution in [-0.2, 0) is 21.3 Å². The zero-order chi connectivity index (χ0) is 20.3. The largest absolute Gasteiger partial charge is 0.378 e. The Bertz CT molecular complexity index is 906. The highest BCUT2D eigenvalue weighted by Gasteiger charge is 2.21. The van der Waals surface area contributed by atoms with Crippen LogP contribution in [0.1, 0.15) is 25.7 Å². The number of nitrogens with one attached hydrogen (secondary N) is 1. The summed E-state index contributed by atoms with van der Waals surface area (Å²) in [4.78, 5) is 21.0. The minimum absolute atomic E-state index is 0.0310. The first-order valence-electron chi connectivity index (χ1n) is 9.04. The van der Waals surface area contributed by atoms with Crippen LogP contribution in [0.5, 0.6) is 0 Å². The van der Waals surface area contributed by atoms with Crippen molar-refractivity contribution in [1.82, 2.24) is 29.2 Å². The summed E-state index contributed by atoms with van der Waals surface area (Å²) in [7, 11) is -0.123. The Labute approximate surface area is 164 Å². The highest BCUT2D eigenvalue weighted by atomic mass is 32.2. The molecule has 0 atom stereocenters. The van der Waals surface area contributed by atoms with Gasteiger partial charge in [0.15, 0.2) is 10.9 Å². The number of sulfonamides is 1. The number of rotatable bonds is 7. The summed E-state index contributed by atoms with van der Waals surface area (Å²) in [6, 6.07) is 0.124. The minimum Gasteiger partial charge on any atom is -0.378 e. The summed E-state index contributed by atoms with van der Waals surface area (Å²) in [5.41, 5.74) is 0. The number of imidazole rings is 1. The third-order valence-electron chi connectivity index (χ3n) is 4.22.